The third-order valence-electron chi connectivity index (χ3n) is 9.51. The molecule has 1 amide bonds. The normalized spacial score (nSPS) is 31.0. The standard InChI is InChI=1S/C32H39ClN2O7S/c1-39-18-30-31(36)34-43(37,38)24-9-12-29-27(16-24)35(17-22-7-10-25(22)28(40-2)6-4-14-41-30)19-32(20-42-29)13-3-5-21-15-23(33)8-11-26(21)32/h4,6,8-9,11-12,15-16,22,25,28,30H,3,5,7,10,13-14,17-20H2,1-2H3,(H,34,36)/b6-4-/t22-,25+,28+,30-,32-/m0/s1. The van der Waals surface area contributed by atoms with Crippen LogP contribution in [-0.2, 0) is 40.9 Å². The predicted octanol–water partition coefficient (Wildman–Crippen LogP) is 4.26. The summed E-state index contributed by atoms with van der Waals surface area (Å²) >= 11 is 6.39. The molecular formula is C32H39ClN2O7S. The zero-order valence-corrected chi connectivity index (χ0v) is 26.2. The fourth-order valence-electron chi connectivity index (χ4n) is 7.16. The SMILES string of the molecule is COC[C@@H]1OC/C=C\[C@@H](OC)[C@@H]2CC[C@H]2CN2C[C@@]3(CCCc4cc(Cl)ccc43)COc3ccc(cc32)S(=O)(=O)NC1=O. The van der Waals surface area contributed by atoms with Crippen molar-refractivity contribution < 1.29 is 32.2 Å². The molecule has 2 aromatic carbocycles. The van der Waals surface area contributed by atoms with Crippen LogP contribution in [0.4, 0.5) is 5.69 Å². The molecule has 0 saturated heterocycles. The van der Waals surface area contributed by atoms with Gasteiger partial charge in [0, 0.05) is 37.7 Å². The molecule has 2 heterocycles. The largest absolute Gasteiger partial charge is 0.490 e. The van der Waals surface area contributed by atoms with Crippen molar-refractivity contribution in [2.45, 2.75) is 54.6 Å². The number of sulfonamides is 1. The molecule has 0 radical (unpaired) electrons. The number of benzene rings is 2. The highest BCUT2D eigenvalue weighted by molar-refractivity contribution is 7.90. The molecule has 2 bridgehead atoms. The van der Waals surface area contributed by atoms with Crippen LogP contribution < -0.4 is 14.4 Å². The van der Waals surface area contributed by atoms with Gasteiger partial charge in [-0.1, -0.05) is 29.8 Å². The lowest BCUT2D eigenvalue weighted by molar-refractivity contribution is -0.133. The number of nitrogens with zero attached hydrogens (tertiary/aromatic N) is 1. The van der Waals surface area contributed by atoms with Crippen LogP contribution in [0, 0.1) is 11.8 Å². The average molecular weight is 631 g/mol. The van der Waals surface area contributed by atoms with Crippen LogP contribution >= 0.6 is 11.6 Å². The third-order valence-corrected chi connectivity index (χ3v) is 11.1. The van der Waals surface area contributed by atoms with E-state index in [1.165, 1.54) is 24.3 Å². The predicted molar refractivity (Wildman–Crippen MR) is 163 cm³/mol. The quantitative estimate of drug-likeness (QED) is 0.502. The van der Waals surface area contributed by atoms with Crippen molar-refractivity contribution in [3.8, 4) is 5.75 Å². The molecule has 2 aliphatic carbocycles. The van der Waals surface area contributed by atoms with Gasteiger partial charge in [0.2, 0.25) is 0 Å². The fraction of sp³-hybridized carbons (Fsp3) is 0.531. The van der Waals surface area contributed by atoms with E-state index in [0.29, 0.717) is 36.4 Å². The molecule has 11 heteroatoms. The van der Waals surface area contributed by atoms with E-state index in [-0.39, 0.29) is 29.6 Å². The van der Waals surface area contributed by atoms with Gasteiger partial charge >= 0.3 is 0 Å². The van der Waals surface area contributed by atoms with Crippen molar-refractivity contribution in [3.63, 3.8) is 0 Å². The second-order valence-electron chi connectivity index (χ2n) is 12.1. The van der Waals surface area contributed by atoms with Gasteiger partial charge < -0.3 is 23.8 Å². The second-order valence-corrected chi connectivity index (χ2v) is 14.2. The number of ether oxygens (including phenoxy) is 4. The summed E-state index contributed by atoms with van der Waals surface area (Å²) < 4.78 is 52.5. The van der Waals surface area contributed by atoms with E-state index in [1.807, 2.05) is 18.2 Å². The van der Waals surface area contributed by atoms with Gasteiger partial charge in [0.25, 0.3) is 15.9 Å². The van der Waals surface area contributed by atoms with Crippen molar-refractivity contribution in [2.75, 3.05) is 52.0 Å². The van der Waals surface area contributed by atoms with Gasteiger partial charge in [0.15, 0.2) is 6.10 Å². The van der Waals surface area contributed by atoms with Crippen molar-refractivity contribution in [3.05, 3.63) is 64.7 Å². The van der Waals surface area contributed by atoms with Gasteiger partial charge in [-0.3, -0.25) is 4.79 Å². The summed E-state index contributed by atoms with van der Waals surface area (Å²) in [5.41, 5.74) is 2.92. The van der Waals surface area contributed by atoms with Crippen LogP contribution in [0.15, 0.2) is 53.4 Å². The molecule has 1 fully saturated rings. The molecular weight excluding hydrogens is 592 g/mol. The maximum atomic E-state index is 13.5. The summed E-state index contributed by atoms with van der Waals surface area (Å²) in [6.45, 7) is 1.90. The summed E-state index contributed by atoms with van der Waals surface area (Å²) in [5.74, 6) is 0.467. The van der Waals surface area contributed by atoms with Gasteiger partial charge in [-0.05, 0) is 85.4 Å². The number of anilines is 1. The van der Waals surface area contributed by atoms with E-state index in [1.54, 1.807) is 19.2 Å². The minimum Gasteiger partial charge on any atom is -0.490 e. The number of carbonyl (C=O) groups excluding carboxylic acids is 1. The summed E-state index contributed by atoms with van der Waals surface area (Å²) in [4.78, 5) is 15.3. The number of carbonyl (C=O) groups is 1. The molecule has 6 rings (SSSR count). The number of halogens is 1. The van der Waals surface area contributed by atoms with E-state index >= 15 is 0 Å². The highest BCUT2D eigenvalue weighted by Gasteiger charge is 2.44. The number of rotatable bonds is 3. The first kappa shape index (κ1) is 30.4. The van der Waals surface area contributed by atoms with Gasteiger partial charge in [-0.2, -0.15) is 0 Å². The molecule has 5 atom stereocenters. The van der Waals surface area contributed by atoms with E-state index in [9.17, 15) is 13.2 Å². The Bertz CT molecular complexity index is 1500. The zero-order valence-electron chi connectivity index (χ0n) is 24.6. The zero-order chi connectivity index (χ0) is 30.2. The lowest BCUT2D eigenvalue weighted by Crippen LogP contribution is -2.49. The molecule has 0 aromatic heterocycles. The van der Waals surface area contributed by atoms with Crippen molar-refractivity contribution in [2.24, 2.45) is 11.8 Å². The lowest BCUT2D eigenvalue weighted by atomic mass is 9.68. The van der Waals surface area contributed by atoms with Crippen LogP contribution in [0.1, 0.15) is 36.8 Å². The van der Waals surface area contributed by atoms with E-state index < -0.39 is 22.0 Å². The van der Waals surface area contributed by atoms with E-state index in [4.69, 9.17) is 30.5 Å². The number of hydrogen-bond donors (Lipinski definition) is 1. The third kappa shape index (κ3) is 6.04. The minimum absolute atomic E-state index is 0.0111. The van der Waals surface area contributed by atoms with Crippen molar-refractivity contribution in [1.82, 2.24) is 4.72 Å². The Balaban J connectivity index is 1.43. The van der Waals surface area contributed by atoms with Crippen molar-refractivity contribution >= 4 is 33.2 Å². The first-order valence-corrected chi connectivity index (χ1v) is 16.8. The van der Waals surface area contributed by atoms with Crippen LogP contribution in [0.25, 0.3) is 0 Å². The molecule has 9 nitrogen and oxygen atoms in total. The Hall–Kier alpha value is -2.63. The number of aryl methyl sites for hydroxylation is 1. The molecule has 2 aliphatic heterocycles. The van der Waals surface area contributed by atoms with Gasteiger partial charge in [0.1, 0.15) is 5.75 Å². The number of amides is 1. The Morgan fingerprint density at radius 3 is 2.79 bits per heavy atom. The molecule has 232 valence electrons. The first-order valence-electron chi connectivity index (χ1n) is 14.9. The fourth-order valence-corrected chi connectivity index (χ4v) is 8.39. The van der Waals surface area contributed by atoms with Crippen molar-refractivity contribution in [1.29, 1.82) is 0 Å². The summed E-state index contributed by atoms with van der Waals surface area (Å²) in [6, 6.07) is 11.0. The van der Waals surface area contributed by atoms with Gasteiger partial charge in [0.05, 0.1) is 36.5 Å². The maximum Gasteiger partial charge on any atom is 0.265 e. The number of hydrogen-bond acceptors (Lipinski definition) is 8. The number of methoxy groups -OCH3 is 2. The molecule has 4 aliphatic rings. The van der Waals surface area contributed by atoms with Gasteiger partial charge in [-0.25, -0.2) is 13.1 Å². The van der Waals surface area contributed by atoms with E-state index in [0.717, 1.165) is 43.7 Å². The van der Waals surface area contributed by atoms with Crippen LogP contribution in [-0.4, -0.2) is 73.7 Å². The second kappa shape index (κ2) is 12.4. The molecule has 1 spiro atoms. The Morgan fingerprint density at radius 2 is 2.02 bits per heavy atom. The van der Waals surface area contributed by atoms with Crippen LogP contribution in [0.3, 0.4) is 0 Å². The molecule has 1 saturated carbocycles. The highest BCUT2D eigenvalue weighted by atomic mass is 35.5. The Labute approximate surface area is 258 Å². The van der Waals surface area contributed by atoms with Crippen LogP contribution in [0.5, 0.6) is 5.75 Å². The van der Waals surface area contributed by atoms with E-state index in [2.05, 4.69) is 21.8 Å². The van der Waals surface area contributed by atoms with Gasteiger partial charge in [-0.15, -0.1) is 0 Å². The summed E-state index contributed by atoms with van der Waals surface area (Å²) in [6.07, 6.45) is 7.62. The average Bonchev–Trinajstić information content (AvgIpc) is 3.12. The number of fused-ring (bicyclic) bond motifs is 4. The Morgan fingerprint density at radius 1 is 1.16 bits per heavy atom. The molecule has 2 aromatic rings. The minimum atomic E-state index is -4.20. The monoisotopic (exact) mass is 630 g/mol. The maximum absolute atomic E-state index is 13.5. The highest BCUT2D eigenvalue weighted by Crippen LogP contribution is 2.47. The molecule has 0 unspecified atom stereocenters. The molecule has 1 N–H and O–H groups in total. The number of nitrogens with one attached hydrogen (secondary N) is 1. The molecule has 43 heavy (non-hydrogen) atoms. The first-order chi connectivity index (χ1) is 20.7. The summed E-state index contributed by atoms with van der Waals surface area (Å²) in [7, 11) is -1.05. The topological polar surface area (TPSA) is 103 Å². The lowest BCUT2D eigenvalue weighted by Gasteiger charge is -2.46. The van der Waals surface area contributed by atoms with Crippen LogP contribution in [0.2, 0.25) is 5.02 Å². The summed E-state index contributed by atoms with van der Waals surface area (Å²) in [5, 5.41) is 0.727. The smallest absolute Gasteiger partial charge is 0.265 e. The Kier molecular flexibility index (Phi) is 8.77.